The molecule has 1 aromatic heterocycles. The summed E-state index contributed by atoms with van der Waals surface area (Å²) in [4.78, 5) is 19.1. The van der Waals surface area contributed by atoms with Crippen molar-refractivity contribution < 1.29 is 18.8 Å². The van der Waals surface area contributed by atoms with Gasteiger partial charge < -0.3 is 18.9 Å². The summed E-state index contributed by atoms with van der Waals surface area (Å²) in [5.41, 5.74) is 3.05. The summed E-state index contributed by atoms with van der Waals surface area (Å²) in [6, 6.07) is 13.6. The van der Waals surface area contributed by atoms with Crippen LogP contribution in [0, 0.1) is 6.92 Å². The summed E-state index contributed by atoms with van der Waals surface area (Å²) in [5.74, 6) is 2.30. The van der Waals surface area contributed by atoms with Gasteiger partial charge in [-0.2, -0.15) is 4.98 Å². The first-order valence-corrected chi connectivity index (χ1v) is 9.92. The second-order valence-electron chi connectivity index (χ2n) is 7.56. The van der Waals surface area contributed by atoms with Crippen molar-refractivity contribution >= 4 is 5.91 Å². The van der Waals surface area contributed by atoms with Crippen molar-refractivity contribution in [1.82, 2.24) is 15.0 Å². The van der Waals surface area contributed by atoms with E-state index in [9.17, 15) is 4.79 Å². The Balaban J connectivity index is 1.51. The van der Waals surface area contributed by atoms with E-state index in [2.05, 4.69) is 10.1 Å². The number of carbonyl (C=O) groups is 1. The van der Waals surface area contributed by atoms with E-state index in [1.807, 2.05) is 61.2 Å². The number of nitrogens with zero attached hydrogens (tertiary/aromatic N) is 3. The van der Waals surface area contributed by atoms with E-state index >= 15 is 0 Å². The minimum Gasteiger partial charge on any atom is -0.493 e. The molecule has 4 rings (SSSR count). The van der Waals surface area contributed by atoms with Gasteiger partial charge in [0.2, 0.25) is 17.6 Å². The highest BCUT2D eigenvalue weighted by molar-refractivity contribution is 5.80. The Bertz CT molecular complexity index is 1040. The van der Waals surface area contributed by atoms with Crippen LogP contribution in [0.1, 0.15) is 42.3 Å². The molecule has 1 amide bonds. The lowest BCUT2D eigenvalue weighted by Gasteiger charge is -2.25. The predicted molar refractivity (Wildman–Crippen MR) is 112 cm³/mol. The van der Waals surface area contributed by atoms with Crippen LogP contribution in [0.5, 0.6) is 11.5 Å². The first-order chi connectivity index (χ1) is 14.5. The number of rotatable bonds is 6. The molecule has 2 aromatic carbocycles. The maximum Gasteiger partial charge on any atom is 0.232 e. The lowest BCUT2D eigenvalue weighted by atomic mass is 10.1. The van der Waals surface area contributed by atoms with Crippen molar-refractivity contribution in [2.75, 3.05) is 20.8 Å². The number of carbonyl (C=O) groups excluding carboxylic acids is 1. The second-order valence-corrected chi connectivity index (χ2v) is 7.56. The molecule has 1 saturated heterocycles. The van der Waals surface area contributed by atoms with Crippen molar-refractivity contribution in [1.29, 1.82) is 0 Å². The Morgan fingerprint density at radius 2 is 1.83 bits per heavy atom. The fourth-order valence-corrected chi connectivity index (χ4v) is 3.78. The van der Waals surface area contributed by atoms with Crippen LogP contribution in [0.25, 0.3) is 11.4 Å². The molecule has 156 valence electrons. The van der Waals surface area contributed by atoms with E-state index in [1.54, 1.807) is 14.2 Å². The maximum absolute atomic E-state index is 12.7. The molecule has 3 aromatic rings. The van der Waals surface area contributed by atoms with Crippen molar-refractivity contribution in [2.45, 2.75) is 32.2 Å². The maximum atomic E-state index is 12.7. The highest BCUT2D eigenvalue weighted by Crippen LogP contribution is 2.36. The summed E-state index contributed by atoms with van der Waals surface area (Å²) in [5, 5.41) is 4.11. The number of amides is 1. The summed E-state index contributed by atoms with van der Waals surface area (Å²) in [6.45, 7) is 4.57. The standard InChI is InChI=1S/C23H25N3O4/c1-14-5-7-16(8-6-14)22-24-23(30-25-22)18-12-21(27)26(13-18)15(2)17-9-10-19(28-3)20(11-17)29-4/h5-11,15,18H,12-13H2,1-4H3. The largest absolute Gasteiger partial charge is 0.493 e. The highest BCUT2D eigenvalue weighted by Gasteiger charge is 2.37. The van der Waals surface area contributed by atoms with Crippen LogP contribution in [0.3, 0.4) is 0 Å². The Morgan fingerprint density at radius 1 is 1.10 bits per heavy atom. The van der Waals surface area contributed by atoms with Gasteiger partial charge in [-0.1, -0.05) is 41.1 Å². The Hall–Kier alpha value is -3.35. The molecule has 0 N–H and O–H groups in total. The number of likely N-dealkylation sites (tertiary alicyclic amines) is 1. The van der Waals surface area contributed by atoms with Gasteiger partial charge in [0.1, 0.15) is 0 Å². The molecule has 7 nitrogen and oxygen atoms in total. The van der Waals surface area contributed by atoms with Crippen LogP contribution in [0.2, 0.25) is 0 Å². The zero-order chi connectivity index (χ0) is 21.3. The van der Waals surface area contributed by atoms with Crippen LogP contribution in [-0.4, -0.2) is 41.7 Å². The minimum atomic E-state index is -0.119. The summed E-state index contributed by atoms with van der Waals surface area (Å²) in [6.07, 6.45) is 0.354. The fraction of sp³-hybridized carbons (Fsp3) is 0.348. The molecule has 7 heteroatoms. The monoisotopic (exact) mass is 407 g/mol. The van der Waals surface area contributed by atoms with Crippen molar-refractivity contribution in [3.05, 3.63) is 59.5 Å². The van der Waals surface area contributed by atoms with E-state index < -0.39 is 0 Å². The minimum absolute atomic E-state index is 0.0670. The molecule has 0 saturated carbocycles. The first kappa shape index (κ1) is 19.9. The normalized spacial score (nSPS) is 17.3. The Kier molecular flexibility index (Phi) is 5.44. The Labute approximate surface area is 175 Å². The number of aromatic nitrogens is 2. The molecule has 0 aliphatic carbocycles. The second kappa shape index (κ2) is 8.18. The van der Waals surface area contributed by atoms with E-state index in [4.69, 9.17) is 14.0 Å². The van der Waals surface area contributed by atoms with Gasteiger partial charge in [-0.25, -0.2) is 0 Å². The molecule has 2 atom stereocenters. The number of benzene rings is 2. The van der Waals surface area contributed by atoms with E-state index in [0.29, 0.717) is 36.2 Å². The molecular formula is C23H25N3O4. The molecule has 0 spiro atoms. The van der Waals surface area contributed by atoms with E-state index in [0.717, 1.165) is 11.1 Å². The first-order valence-electron chi connectivity index (χ1n) is 9.92. The molecule has 30 heavy (non-hydrogen) atoms. The van der Waals surface area contributed by atoms with Crippen molar-refractivity contribution in [3.63, 3.8) is 0 Å². The highest BCUT2D eigenvalue weighted by atomic mass is 16.5. The zero-order valence-electron chi connectivity index (χ0n) is 17.6. The number of hydrogen-bond acceptors (Lipinski definition) is 6. The van der Waals surface area contributed by atoms with Gasteiger partial charge >= 0.3 is 0 Å². The summed E-state index contributed by atoms with van der Waals surface area (Å²) >= 11 is 0. The molecule has 2 heterocycles. The fourth-order valence-electron chi connectivity index (χ4n) is 3.78. The SMILES string of the molecule is COc1ccc(C(C)N2CC(c3nc(-c4ccc(C)cc4)no3)CC2=O)cc1OC. The van der Waals surface area contributed by atoms with Gasteiger partial charge in [-0.05, 0) is 31.5 Å². The molecule has 0 bridgehead atoms. The van der Waals surface area contributed by atoms with Gasteiger partial charge in [0.05, 0.1) is 26.2 Å². The lowest BCUT2D eigenvalue weighted by molar-refractivity contribution is -0.129. The topological polar surface area (TPSA) is 77.7 Å². The van der Waals surface area contributed by atoms with Gasteiger partial charge in [-0.3, -0.25) is 4.79 Å². The lowest BCUT2D eigenvalue weighted by Crippen LogP contribution is -2.28. The summed E-state index contributed by atoms with van der Waals surface area (Å²) < 4.78 is 16.2. The molecule has 1 aliphatic heterocycles. The molecule has 1 aliphatic rings. The van der Waals surface area contributed by atoms with Gasteiger partial charge in [-0.15, -0.1) is 0 Å². The third kappa shape index (κ3) is 3.75. The van der Waals surface area contributed by atoms with Crippen molar-refractivity contribution in [2.24, 2.45) is 0 Å². The number of hydrogen-bond donors (Lipinski definition) is 0. The average molecular weight is 407 g/mol. The zero-order valence-corrected chi connectivity index (χ0v) is 17.6. The molecule has 2 unspecified atom stereocenters. The van der Waals surface area contributed by atoms with Crippen LogP contribution in [-0.2, 0) is 4.79 Å². The molecule has 1 fully saturated rings. The van der Waals surface area contributed by atoms with Crippen LogP contribution in [0.15, 0.2) is 47.0 Å². The van der Waals surface area contributed by atoms with Crippen LogP contribution in [0.4, 0.5) is 0 Å². The number of aryl methyl sites for hydroxylation is 1. The van der Waals surface area contributed by atoms with Crippen LogP contribution < -0.4 is 9.47 Å². The summed E-state index contributed by atoms with van der Waals surface area (Å²) in [7, 11) is 3.20. The van der Waals surface area contributed by atoms with E-state index in [1.165, 1.54) is 5.56 Å². The molecule has 0 radical (unpaired) electrons. The average Bonchev–Trinajstić information content (AvgIpc) is 3.40. The number of methoxy groups -OCH3 is 2. The van der Waals surface area contributed by atoms with Gasteiger partial charge in [0, 0.05) is 18.5 Å². The Morgan fingerprint density at radius 3 is 2.53 bits per heavy atom. The predicted octanol–water partition coefficient (Wildman–Crippen LogP) is 4.14. The van der Waals surface area contributed by atoms with Crippen LogP contribution >= 0.6 is 0 Å². The third-order valence-corrected chi connectivity index (χ3v) is 5.62. The van der Waals surface area contributed by atoms with Gasteiger partial charge in [0.15, 0.2) is 11.5 Å². The smallest absolute Gasteiger partial charge is 0.232 e. The van der Waals surface area contributed by atoms with Crippen molar-refractivity contribution in [3.8, 4) is 22.9 Å². The quantitative estimate of drug-likeness (QED) is 0.611. The number of ether oxygens (including phenoxy) is 2. The van der Waals surface area contributed by atoms with E-state index in [-0.39, 0.29) is 17.9 Å². The van der Waals surface area contributed by atoms with Gasteiger partial charge in [0.25, 0.3) is 0 Å². The molecular weight excluding hydrogens is 382 g/mol. The third-order valence-electron chi connectivity index (χ3n) is 5.62.